The van der Waals surface area contributed by atoms with E-state index in [1.165, 1.54) is 18.2 Å². The molecule has 2 rings (SSSR count). The molecule has 2 N–H and O–H groups in total. The van der Waals surface area contributed by atoms with E-state index in [0.29, 0.717) is 16.9 Å². The van der Waals surface area contributed by atoms with Gasteiger partial charge >= 0.3 is 0 Å². The molecule has 0 unspecified atom stereocenters. The SMILES string of the molecule is NC(=O)c1cccc(OCc2cccc([N+](=O)[O-])c2)c1. The van der Waals surface area contributed by atoms with Gasteiger partial charge in [-0.1, -0.05) is 18.2 Å². The molecule has 0 bridgehead atoms. The van der Waals surface area contributed by atoms with Crippen molar-refractivity contribution in [1.82, 2.24) is 0 Å². The van der Waals surface area contributed by atoms with Crippen LogP contribution in [0, 0.1) is 10.1 Å². The van der Waals surface area contributed by atoms with Crippen molar-refractivity contribution in [1.29, 1.82) is 0 Å². The van der Waals surface area contributed by atoms with Gasteiger partial charge in [-0.2, -0.15) is 0 Å². The number of carbonyl (C=O) groups excluding carboxylic acids is 1. The van der Waals surface area contributed by atoms with Crippen molar-refractivity contribution in [2.45, 2.75) is 6.61 Å². The quantitative estimate of drug-likeness (QED) is 0.667. The summed E-state index contributed by atoms with van der Waals surface area (Å²) in [5.74, 6) is -0.0568. The molecule has 2 aromatic carbocycles. The Morgan fingerprint density at radius 3 is 2.65 bits per heavy atom. The lowest BCUT2D eigenvalue weighted by molar-refractivity contribution is -0.384. The number of hydrogen-bond donors (Lipinski definition) is 1. The number of carbonyl (C=O) groups is 1. The second-order valence-electron chi connectivity index (χ2n) is 4.11. The first kappa shape index (κ1) is 13.5. The van der Waals surface area contributed by atoms with Gasteiger partial charge in [-0.05, 0) is 23.8 Å². The topological polar surface area (TPSA) is 95.5 Å². The number of primary amides is 1. The zero-order valence-electron chi connectivity index (χ0n) is 10.5. The first-order chi connectivity index (χ1) is 9.56. The summed E-state index contributed by atoms with van der Waals surface area (Å²) in [6.07, 6.45) is 0. The van der Waals surface area contributed by atoms with E-state index < -0.39 is 10.8 Å². The van der Waals surface area contributed by atoms with E-state index in [4.69, 9.17) is 10.5 Å². The third kappa shape index (κ3) is 3.32. The third-order valence-electron chi connectivity index (χ3n) is 2.65. The van der Waals surface area contributed by atoms with Crippen LogP contribution in [-0.2, 0) is 6.61 Å². The predicted octanol–water partition coefficient (Wildman–Crippen LogP) is 2.27. The summed E-state index contributed by atoms with van der Waals surface area (Å²) in [6, 6.07) is 12.6. The summed E-state index contributed by atoms with van der Waals surface area (Å²) in [5.41, 5.74) is 6.20. The summed E-state index contributed by atoms with van der Waals surface area (Å²) in [5, 5.41) is 10.7. The molecule has 0 fully saturated rings. The highest BCUT2D eigenvalue weighted by Gasteiger charge is 2.06. The van der Waals surface area contributed by atoms with Crippen LogP contribution in [0.15, 0.2) is 48.5 Å². The Bertz CT molecular complexity index is 598. The molecule has 0 aliphatic carbocycles. The number of nitrogens with zero attached hydrogens (tertiary/aromatic N) is 1. The van der Waals surface area contributed by atoms with Gasteiger partial charge in [0.15, 0.2) is 0 Å². The van der Waals surface area contributed by atoms with Gasteiger partial charge in [-0.3, -0.25) is 14.9 Å². The maximum atomic E-state index is 11.0. The standard InChI is InChI=1S/C14H12N2O4/c15-14(17)11-4-2-6-13(8-11)20-9-10-3-1-5-12(7-10)16(18)19/h1-8H,9H2,(H2,15,17). The summed E-state index contributed by atoms with van der Waals surface area (Å²) in [7, 11) is 0. The number of non-ortho nitro benzene ring substituents is 1. The first-order valence-corrected chi connectivity index (χ1v) is 5.82. The number of amides is 1. The van der Waals surface area contributed by atoms with Crippen LogP contribution in [0.4, 0.5) is 5.69 Å². The summed E-state index contributed by atoms with van der Waals surface area (Å²) >= 11 is 0. The fraction of sp³-hybridized carbons (Fsp3) is 0.0714. The van der Waals surface area contributed by atoms with Gasteiger partial charge in [0, 0.05) is 17.7 Å². The van der Waals surface area contributed by atoms with Crippen LogP contribution in [0.25, 0.3) is 0 Å². The van der Waals surface area contributed by atoms with Gasteiger partial charge in [0.25, 0.3) is 5.69 Å². The minimum absolute atomic E-state index is 0.0111. The van der Waals surface area contributed by atoms with Crippen molar-refractivity contribution in [3.05, 3.63) is 69.8 Å². The highest BCUT2D eigenvalue weighted by atomic mass is 16.6. The number of ether oxygens (including phenoxy) is 1. The molecule has 0 saturated heterocycles. The van der Waals surface area contributed by atoms with Crippen LogP contribution >= 0.6 is 0 Å². The molecule has 0 radical (unpaired) electrons. The molecule has 0 aliphatic rings. The Morgan fingerprint density at radius 2 is 1.95 bits per heavy atom. The molecule has 20 heavy (non-hydrogen) atoms. The Hall–Kier alpha value is -2.89. The molecule has 0 spiro atoms. The van der Waals surface area contributed by atoms with Crippen molar-refractivity contribution < 1.29 is 14.5 Å². The van der Waals surface area contributed by atoms with E-state index in [-0.39, 0.29) is 12.3 Å². The molecule has 0 heterocycles. The Balaban J connectivity index is 2.08. The lowest BCUT2D eigenvalue weighted by Gasteiger charge is -2.07. The molecule has 0 atom stereocenters. The lowest BCUT2D eigenvalue weighted by Crippen LogP contribution is -2.10. The third-order valence-corrected chi connectivity index (χ3v) is 2.65. The van der Waals surface area contributed by atoms with Gasteiger partial charge in [0.1, 0.15) is 12.4 Å². The van der Waals surface area contributed by atoms with Crippen LogP contribution in [0.5, 0.6) is 5.75 Å². The van der Waals surface area contributed by atoms with Gasteiger partial charge in [-0.25, -0.2) is 0 Å². The van der Waals surface area contributed by atoms with E-state index in [1.807, 2.05) is 0 Å². The maximum absolute atomic E-state index is 11.0. The smallest absolute Gasteiger partial charge is 0.269 e. The molecular formula is C14H12N2O4. The molecular weight excluding hydrogens is 260 g/mol. The first-order valence-electron chi connectivity index (χ1n) is 5.82. The van der Waals surface area contributed by atoms with Crippen LogP contribution in [-0.4, -0.2) is 10.8 Å². The summed E-state index contributed by atoms with van der Waals surface area (Å²) in [6.45, 7) is 0.171. The Morgan fingerprint density at radius 1 is 1.20 bits per heavy atom. The molecule has 6 heteroatoms. The average Bonchev–Trinajstić information content (AvgIpc) is 2.45. The number of nitro benzene ring substituents is 1. The maximum Gasteiger partial charge on any atom is 0.269 e. The second-order valence-corrected chi connectivity index (χ2v) is 4.11. The zero-order valence-corrected chi connectivity index (χ0v) is 10.5. The zero-order chi connectivity index (χ0) is 14.5. The average molecular weight is 272 g/mol. The van der Waals surface area contributed by atoms with Crippen LogP contribution in [0.1, 0.15) is 15.9 Å². The van der Waals surface area contributed by atoms with E-state index >= 15 is 0 Å². The summed E-state index contributed by atoms with van der Waals surface area (Å²) in [4.78, 5) is 21.2. The molecule has 6 nitrogen and oxygen atoms in total. The number of nitro groups is 1. The van der Waals surface area contributed by atoms with Crippen molar-refractivity contribution in [2.24, 2.45) is 5.73 Å². The van der Waals surface area contributed by atoms with Gasteiger partial charge < -0.3 is 10.5 Å². The van der Waals surface area contributed by atoms with Crippen LogP contribution < -0.4 is 10.5 Å². The van der Waals surface area contributed by atoms with Gasteiger partial charge in [0.05, 0.1) is 4.92 Å². The van der Waals surface area contributed by atoms with E-state index in [0.717, 1.165) is 0 Å². The molecule has 0 aromatic heterocycles. The number of rotatable bonds is 5. The van der Waals surface area contributed by atoms with Crippen molar-refractivity contribution in [3.8, 4) is 5.75 Å². The van der Waals surface area contributed by atoms with Crippen molar-refractivity contribution >= 4 is 11.6 Å². The molecule has 0 aliphatic heterocycles. The fourth-order valence-electron chi connectivity index (χ4n) is 1.67. The molecule has 102 valence electrons. The van der Waals surface area contributed by atoms with Crippen LogP contribution in [0.3, 0.4) is 0 Å². The second kappa shape index (κ2) is 5.83. The Labute approximate surface area is 114 Å². The van der Waals surface area contributed by atoms with Crippen molar-refractivity contribution in [2.75, 3.05) is 0 Å². The van der Waals surface area contributed by atoms with Crippen LogP contribution in [0.2, 0.25) is 0 Å². The predicted molar refractivity (Wildman–Crippen MR) is 72.4 cm³/mol. The number of benzene rings is 2. The Kier molecular flexibility index (Phi) is 3.95. The normalized spacial score (nSPS) is 10.0. The monoisotopic (exact) mass is 272 g/mol. The van der Waals surface area contributed by atoms with Gasteiger partial charge in [-0.15, -0.1) is 0 Å². The fourth-order valence-corrected chi connectivity index (χ4v) is 1.67. The molecule has 0 saturated carbocycles. The number of hydrogen-bond acceptors (Lipinski definition) is 4. The molecule has 2 aromatic rings. The minimum atomic E-state index is -0.536. The molecule has 1 amide bonds. The van der Waals surface area contributed by atoms with Gasteiger partial charge in [0.2, 0.25) is 5.91 Å². The van der Waals surface area contributed by atoms with Crippen molar-refractivity contribution in [3.63, 3.8) is 0 Å². The summed E-state index contributed by atoms with van der Waals surface area (Å²) < 4.78 is 5.49. The largest absolute Gasteiger partial charge is 0.489 e. The number of nitrogens with two attached hydrogens (primary N) is 1. The van der Waals surface area contributed by atoms with E-state index in [9.17, 15) is 14.9 Å². The lowest BCUT2D eigenvalue weighted by atomic mass is 10.2. The highest BCUT2D eigenvalue weighted by molar-refractivity contribution is 5.93. The van der Waals surface area contributed by atoms with E-state index in [1.54, 1.807) is 30.3 Å². The van der Waals surface area contributed by atoms with E-state index in [2.05, 4.69) is 0 Å². The minimum Gasteiger partial charge on any atom is -0.489 e. The highest BCUT2D eigenvalue weighted by Crippen LogP contribution is 2.17.